The second-order valence-electron chi connectivity index (χ2n) is 4.54. The van der Waals surface area contributed by atoms with Crippen molar-refractivity contribution < 1.29 is 4.74 Å². The fourth-order valence-electron chi connectivity index (χ4n) is 1.58. The van der Waals surface area contributed by atoms with Gasteiger partial charge in [0.15, 0.2) is 5.82 Å². The predicted molar refractivity (Wildman–Crippen MR) is 78.6 cm³/mol. The van der Waals surface area contributed by atoms with Gasteiger partial charge in [0.2, 0.25) is 5.88 Å². The fourth-order valence-corrected chi connectivity index (χ4v) is 2.44. The highest BCUT2D eigenvalue weighted by Gasteiger charge is 2.10. The Hall–Kier alpha value is -1.82. The molecule has 0 fully saturated rings. The monoisotopic (exact) mass is 278 g/mol. The summed E-state index contributed by atoms with van der Waals surface area (Å²) in [5.41, 5.74) is 8.96. The number of anilines is 2. The summed E-state index contributed by atoms with van der Waals surface area (Å²) in [6.07, 6.45) is 1.49. The minimum atomic E-state index is 0.0316. The SMILES string of the molecule is Cc1cscc1CNc1ncnc(OC(C)C)c1N. The van der Waals surface area contributed by atoms with E-state index in [2.05, 4.69) is 33.0 Å². The molecule has 0 unspecified atom stereocenters. The number of nitrogens with zero attached hydrogens (tertiary/aromatic N) is 2. The molecule has 0 atom stereocenters. The van der Waals surface area contributed by atoms with E-state index in [-0.39, 0.29) is 6.10 Å². The van der Waals surface area contributed by atoms with Crippen LogP contribution in [0.1, 0.15) is 25.0 Å². The third kappa shape index (κ3) is 3.35. The molecule has 0 aliphatic heterocycles. The lowest BCUT2D eigenvalue weighted by Crippen LogP contribution is -2.12. The molecule has 2 heterocycles. The highest BCUT2D eigenvalue weighted by atomic mass is 32.1. The van der Waals surface area contributed by atoms with Crippen molar-refractivity contribution >= 4 is 22.8 Å². The summed E-state index contributed by atoms with van der Waals surface area (Å²) < 4.78 is 5.53. The van der Waals surface area contributed by atoms with Crippen LogP contribution in [0.25, 0.3) is 0 Å². The summed E-state index contributed by atoms with van der Waals surface area (Å²) in [6, 6.07) is 0. The molecule has 0 aliphatic carbocycles. The van der Waals surface area contributed by atoms with Gasteiger partial charge in [-0.15, -0.1) is 0 Å². The maximum Gasteiger partial charge on any atom is 0.242 e. The molecule has 19 heavy (non-hydrogen) atoms. The van der Waals surface area contributed by atoms with Gasteiger partial charge in [-0.1, -0.05) is 0 Å². The average Bonchev–Trinajstić information content (AvgIpc) is 2.76. The van der Waals surface area contributed by atoms with Crippen LogP contribution in [0.15, 0.2) is 17.1 Å². The minimum Gasteiger partial charge on any atom is -0.473 e. The van der Waals surface area contributed by atoms with Crippen LogP contribution >= 0.6 is 11.3 Å². The number of nitrogens with two attached hydrogens (primary N) is 1. The second kappa shape index (κ2) is 5.88. The van der Waals surface area contributed by atoms with Crippen LogP contribution in [-0.4, -0.2) is 16.1 Å². The molecule has 2 aromatic heterocycles. The van der Waals surface area contributed by atoms with Crippen molar-refractivity contribution in [2.75, 3.05) is 11.1 Å². The highest BCUT2D eigenvalue weighted by molar-refractivity contribution is 7.08. The Morgan fingerprint density at radius 1 is 1.37 bits per heavy atom. The summed E-state index contributed by atoms with van der Waals surface area (Å²) in [6.45, 7) is 6.65. The van der Waals surface area contributed by atoms with E-state index < -0.39 is 0 Å². The van der Waals surface area contributed by atoms with Gasteiger partial charge in [-0.25, -0.2) is 4.98 Å². The van der Waals surface area contributed by atoms with Crippen molar-refractivity contribution in [3.8, 4) is 5.88 Å². The van der Waals surface area contributed by atoms with Gasteiger partial charge in [0.25, 0.3) is 0 Å². The van der Waals surface area contributed by atoms with Gasteiger partial charge in [0.1, 0.15) is 12.0 Å². The van der Waals surface area contributed by atoms with E-state index in [1.807, 2.05) is 13.8 Å². The third-order valence-electron chi connectivity index (χ3n) is 2.60. The number of nitrogen functional groups attached to an aromatic ring is 1. The Morgan fingerprint density at radius 2 is 2.16 bits per heavy atom. The Morgan fingerprint density at radius 3 is 2.79 bits per heavy atom. The molecular formula is C13H18N4OS. The molecule has 0 bridgehead atoms. The number of aromatic nitrogens is 2. The van der Waals surface area contributed by atoms with Crippen LogP contribution in [-0.2, 0) is 6.54 Å². The van der Waals surface area contributed by atoms with Crippen LogP contribution in [0, 0.1) is 6.92 Å². The molecule has 0 saturated heterocycles. The summed E-state index contributed by atoms with van der Waals surface area (Å²) >= 11 is 1.69. The summed E-state index contributed by atoms with van der Waals surface area (Å²) in [5, 5.41) is 7.46. The first kappa shape index (κ1) is 13.6. The molecule has 2 rings (SSSR count). The van der Waals surface area contributed by atoms with Gasteiger partial charge in [0, 0.05) is 6.54 Å². The van der Waals surface area contributed by atoms with Crippen LogP contribution < -0.4 is 15.8 Å². The molecule has 6 heteroatoms. The molecule has 0 amide bonds. The van der Waals surface area contributed by atoms with E-state index in [9.17, 15) is 0 Å². The molecule has 0 radical (unpaired) electrons. The quantitative estimate of drug-likeness (QED) is 0.879. The number of hydrogen-bond donors (Lipinski definition) is 2. The van der Waals surface area contributed by atoms with E-state index in [1.165, 1.54) is 17.5 Å². The number of nitrogens with one attached hydrogen (secondary N) is 1. The number of hydrogen-bond acceptors (Lipinski definition) is 6. The Kier molecular flexibility index (Phi) is 4.21. The topological polar surface area (TPSA) is 73.1 Å². The zero-order valence-corrected chi connectivity index (χ0v) is 12.1. The van der Waals surface area contributed by atoms with Crippen molar-refractivity contribution in [1.29, 1.82) is 0 Å². The second-order valence-corrected chi connectivity index (χ2v) is 5.28. The smallest absolute Gasteiger partial charge is 0.242 e. The largest absolute Gasteiger partial charge is 0.473 e. The molecule has 3 N–H and O–H groups in total. The number of ether oxygens (including phenoxy) is 1. The van der Waals surface area contributed by atoms with Crippen molar-refractivity contribution in [2.45, 2.75) is 33.4 Å². The fraction of sp³-hybridized carbons (Fsp3) is 0.385. The normalized spacial score (nSPS) is 10.7. The highest BCUT2D eigenvalue weighted by Crippen LogP contribution is 2.26. The number of aryl methyl sites for hydroxylation is 1. The van der Waals surface area contributed by atoms with E-state index in [4.69, 9.17) is 10.5 Å². The first-order chi connectivity index (χ1) is 9.08. The molecule has 102 valence electrons. The predicted octanol–water partition coefficient (Wildman–Crippen LogP) is 2.83. The van der Waals surface area contributed by atoms with Crippen LogP contribution in [0.2, 0.25) is 0 Å². The van der Waals surface area contributed by atoms with Gasteiger partial charge >= 0.3 is 0 Å². The molecule has 0 spiro atoms. The molecule has 5 nitrogen and oxygen atoms in total. The first-order valence-corrected chi connectivity index (χ1v) is 7.05. The van der Waals surface area contributed by atoms with Crippen molar-refractivity contribution in [2.24, 2.45) is 0 Å². The lowest BCUT2D eigenvalue weighted by molar-refractivity contribution is 0.234. The number of thiophene rings is 1. The molecule has 0 aromatic carbocycles. The summed E-state index contributed by atoms with van der Waals surface area (Å²) in [7, 11) is 0. The number of rotatable bonds is 5. The molecule has 0 saturated carbocycles. The van der Waals surface area contributed by atoms with Crippen molar-refractivity contribution in [3.05, 3.63) is 28.2 Å². The maximum absolute atomic E-state index is 6.00. The van der Waals surface area contributed by atoms with Gasteiger partial charge in [0.05, 0.1) is 6.10 Å². The maximum atomic E-state index is 6.00. The lowest BCUT2D eigenvalue weighted by atomic mass is 10.2. The van der Waals surface area contributed by atoms with Gasteiger partial charge in [-0.3, -0.25) is 0 Å². The van der Waals surface area contributed by atoms with Gasteiger partial charge < -0.3 is 15.8 Å². The average molecular weight is 278 g/mol. The Bertz CT molecular complexity index is 553. The molecule has 2 aromatic rings. The van der Waals surface area contributed by atoms with Crippen molar-refractivity contribution in [3.63, 3.8) is 0 Å². The van der Waals surface area contributed by atoms with Crippen LogP contribution in [0.4, 0.5) is 11.5 Å². The third-order valence-corrected chi connectivity index (χ3v) is 3.51. The van der Waals surface area contributed by atoms with E-state index in [0.29, 0.717) is 23.9 Å². The Balaban J connectivity index is 2.10. The van der Waals surface area contributed by atoms with E-state index in [0.717, 1.165) is 0 Å². The van der Waals surface area contributed by atoms with Crippen LogP contribution in [0.3, 0.4) is 0 Å². The van der Waals surface area contributed by atoms with Gasteiger partial charge in [-0.05, 0) is 42.7 Å². The van der Waals surface area contributed by atoms with E-state index in [1.54, 1.807) is 11.3 Å². The minimum absolute atomic E-state index is 0.0316. The zero-order valence-electron chi connectivity index (χ0n) is 11.3. The zero-order chi connectivity index (χ0) is 13.8. The molecule has 0 aliphatic rings. The van der Waals surface area contributed by atoms with Crippen molar-refractivity contribution in [1.82, 2.24) is 9.97 Å². The van der Waals surface area contributed by atoms with Crippen LogP contribution in [0.5, 0.6) is 5.88 Å². The standard InChI is InChI=1S/C13H18N4OS/c1-8(2)18-13-11(14)12(16-7-17-13)15-4-10-6-19-5-9(10)3/h5-8H,4,14H2,1-3H3,(H,15,16,17). The summed E-state index contributed by atoms with van der Waals surface area (Å²) in [5.74, 6) is 1.03. The van der Waals surface area contributed by atoms with Gasteiger partial charge in [-0.2, -0.15) is 16.3 Å². The lowest BCUT2D eigenvalue weighted by Gasteiger charge is -2.13. The first-order valence-electron chi connectivity index (χ1n) is 6.10. The van der Waals surface area contributed by atoms with E-state index >= 15 is 0 Å². The molecular weight excluding hydrogens is 260 g/mol. The summed E-state index contributed by atoms with van der Waals surface area (Å²) in [4.78, 5) is 8.20. The Labute approximate surface area is 116 Å².